The average molecular weight is 370 g/mol. The Balaban J connectivity index is 2.20. The van der Waals surface area contributed by atoms with Crippen molar-refractivity contribution in [2.75, 3.05) is 6.61 Å². The summed E-state index contributed by atoms with van der Waals surface area (Å²) >= 11 is 0.568. The van der Waals surface area contributed by atoms with Crippen LogP contribution in [0.3, 0.4) is 0 Å². The molecule has 8 heteroatoms. The van der Waals surface area contributed by atoms with Crippen molar-refractivity contribution in [1.29, 1.82) is 0 Å². The number of thioether (sulfide) groups is 1. The molecule has 2 aromatic rings. The third kappa shape index (κ3) is 2.97. The number of fused-ring (bicyclic) bond motifs is 1. The van der Waals surface area contributed by atoms with Crippen LogP contribution < -0.4 is 4.74 Å². The lowest BCUT2D eigenvalue weighted by atomic mass is 10.2. The number of hydrogen-bond donors (Lipinski definition) is 0. The molecule has 0 amide bonds. The maximum atomic E-state index is 14.1. The van der Waals surface area contributed by atoms with Gasteiger partial charge in [-0.1, -0.05) is 42.1 Å². The van der Waals surface area contributed by atoms with E-state index < -0.39 is 45.6 Å². The van der Waals surface area contributed by atoms with E-state index in [0.29, 0.717) is 17.3 Å². The molecular formula is C17H10F4O3S. The lowest BCUT2D eigenvalue weighted by molar-refractivity contribution is -0.140. The smallest absolute Gasteiger partial charge is 0.375 e. The molecule has 0 aliphatic carbocycles. The number of carbonyl (C=O) groups excluding carboxylic acids is 1. The van der Waals surface area contributed by atoms with Crippen LogP contribution in [0.25, 0.3) is 4.91 Å². The Morgan fingerprint density at radius 3 is 2.32 bits per heavy atom. The molecule has 1 heterocycles. The van der Waals surface area contributed by atoms with Crippen molar-refractivity contribution in [3.63, 3.8) is 0 Å². The molecule has 0 bridgehead atoms. The monoisotopic (exact) mass is 370 g/mol. The van der Waals surface area contributed by atoms with E-state index in [1.54, 1.807) is 37.3 Å². The molecule has 0 fully saturated rings. The average Bonchev–Trinajstić information content (AvgIpc) is 2.64. The van der Waals surface area contributed by atoms with Gasteiger partial charge in [0.15, 0.2) is 17.4 Å². The zero-order valence-corrected chi connectivity index (χ0v) is 13.6. The summed E-state index contributed by atoms with van der Waals surface area (Å²) in [5, 5.41) is 0. The Morgan fingerprint density at radius 2 is 1.68 bits per heavy atom. The van der Waals surface area contributed by atoms with E-state index in [-0.39, 0.29) is 11.5 Å². The second-order valence-corrected chi connectivity index (χ2v) is 5.88. The van der Waals surface area contributed by atoms with E-state index in [2.05, 4.69) is 0 Å². The predicted octanol–water partition coefficient (Wildman–Crippen LogP) is 4.66. The number of rotatable bonds is 3. The molecule has 0 N–H and O–H groups in total. The van der Waals surface area contributed by atoms with Gasteiger partial charge in [-0.2, -0.15) is 4.39 Å². The van der Waals surface area contributed by atoms with Crippen LogP contribution in [-0.2, 0) is 9.53 Å². The zero-order chi connectivity index (χ0) is 18.1. The summed E-state index contributed by atoms with van der Waals surface area (Å²) in [7, 11) is 0. The quantitative estimate of drug-likeness (QED) is 0.341. The van der Waals surface area contributed by atoms with Crippen LogP contribution >= 0.6 is 11.8 Å². The molecule has 3 nitrogen and oxygen atoms in total. The molecule has 3 rings (SSSR count). The van der Waals surface area contributed by atoms with Crippen LogP contribution in [0.15, 0.2) is 41.0 Å². The van der Waals surface area contributed by atoms with Crippen molar-refractivity contribution < 1.29 is 31.8 Å². The first-order valence-corrected chi connectivity index (χ1v) is 7.95. The normalized spacial score (nSPS) is 13.3. The highest BCUT2D eigenvalue weighted by molar-refractivity contribution is 8.08. The van der Waals surface area contributed by atoms with Gasteiger partial charge >= 0.3 is 5.97 Å². The summed E-state index contributed by atoms with van der Waals surface area (Å²) in [6.07, 6.45) is 0. The highest BCUT2D eigenvalue weighted by Crippen LogP contribution is 2.49. The summed E-state index contributed by atoms with van der Waals surface area (Å²) in [6.45, 7) is 1.57. The fraction of sp³-hybridized carbons (Fsp3) is 0.118. The van der Waals surface area contributed by atoms with Crippen LogP contribution in [0.5, 0.6) is 5.75 Å². The van der Waals surface area contributed by atoms with Crippen LogP contribution in [0.1, 0.15) is 12.5 Å². The van der Waals surface area contributed by atoms with Crippen molar-refractivity contribution in [3.8, 4) is 5.75 Å². The van der Waals surface area contributed by atoms with Gasteiger partial charge in [-0.25, -0.2) is 18.0 Å². The number of benzene rings is 2. The van der Waals surface area contributed by atoms with Gasteiger partial charge in [0.1, 0.15) is 0 Å². The van der Waals surface area contributed by atoms with E-state index in [9.17, 15) is 22.4 Å². The summed E-state index contributed by atoms with van der Waals surface area (Å²) in [4.78, 5) is 11.7. The Labute approximate surface area is 144 Å². The summed E-state index contributed by atoms with van der Waals surface area (Å²) < 4.78 is 65.0. The van der Waals surface area contributed by atoms with E-state index in [0.717, 1.165) is 0 Å². The standard InChI is InChI=1S/C17H10F4O3S/c1-2-23-17(22)14-15(8-6-4-3-5-7-8)25-16-12(21)10(19)9(18)11(20)13(16)24-14/h3-7H,2H2,1H3. The molecule has 1 aliphatic rings. The third-order valence-corrected chi connectivity index (χ3v) is 4.49. The van der Waals surface area contributed by atoms with Crippen molar-refractivity contribution in [2.45, 2.75) is 11.8 Å². The fourth-order valence-electron chi connectivity index (χ4n) is 2.18. The summed E-state index contributed by atoms with van der Waals surface area (Å²) in [5.41, 5.74) is 0.450. The first kappa shape index (κ1) is 17.3. The Kier molecular flexibility index (Phi) is 4.71. The lowest BCUT2D eigenvalue weighted by Gasteiger charge is -2.23. The van der Waals surface area contributed by atoms with E-state index in [1.165, 1.54) is 0 Å². The van der Waals surface area contributed by atoms with Crippen molar-refractivity contribution in [3.05, 3.63) is 64.9 Å². The molecule has 25 heavy (non-hydrogen) atoms. The third-order valence-electron chi connectivity index (χ3n) is 3.29. The molecular weight excluding hydrogens is 360 g/mol. The second-order valence-electron chi connectivity index (χ2n) is 4.86. The Hall–Kier alpha value is -2.48. The van der Waals surface area contributed by atoms with Gasteiger partial charge < -0.3 is 9.47 Å². The Bertz CT molecular complexity index is 881. The molecule has 0 unspecified atom stereocenters. The molecule has 2 aromatic carbocycles. The van der Waals surface area contributed by atoms with Crippen molar-refractivity contribution >= 4 is 22.6 Å². The van der Waals surface area contributed by atoms with Crippen LogP contribution in [-0.4, -0.2) is 12.6 Å². The highest BCUT2D eigenvalue weighted by Gasteiger charge is 2.35. The molecule has 130 valence electrons. The first-order valence-electron chi connectivity index (χ1n) is 7.14. The van der Waals surface area contributed by atoms with Gasteiger partial charge in [-0.15, -0.1) is 0 Å². The van der Waals surface area contributed by atoms with E-state index in [4.69, 9.17) is 9.47 Å². The highest BCUT2D eigenvalue weighted by atomic mass is 32.2. The van der Waals surface area contributed by atoms with Gasteiger partial charge in [0.2, 0.25) is 17.4 Å². The summed E-state index contributed by atoms with van der Waals surface area (Å²) in [6, 6.07) is 8.23. The molecule has 0 atom stereocenters. The molecule has 0 radical (unpaired) electrons. The first-order chi connectivity index (χ1) is 12.0. The molecule has 0 saturated heterocycles. The predicted molar refractivity (Wildman–Crippen MR) is 82.8 cm³/mol. The van der Waals surface area contributed by atoms with Crippen LogP contribution in [0.2, 0.25) is 0 Å². The van der Waals surface area contributed by atoms with Gasteiger partial charge in [-0.05, 0) is 12.5 Å². The summed E-state index contributed by atoms with van der Waals surface area (Å²) in [5.74, 6) is -9.49. The minimum atomic E-state index is -2.01. The van der Waals surface area contributed by atoms with Crippen LogP contribution in [0.4, 0.5) is 17.6 Å². The van der Waals surface area contributed by atoms with E-state index >= 15 is 0 Å². The largest absolute Gasteiger partial charge is 0.460 e. The van der Waals surface area contributed by atoms with Gasteiger partial charge in [0.05, 0.1) is 16.4 Å². The lowest BCUT2D eigenvalue weighted by Crippen LogP contribution is -2.19. The molecule has 1 aliphatic heterocycles. The number of halogens is 4. The number of carbonyl (C=O) groups is 1. The number of esters is 1. The SMILES string of the molecule is CCOC(=O)C1=C(c2ccccc2)Sc2c(F)c(F)c(F)c(F)c2O1. The number of hydrogen-bond acceptors (Lipinski definition) is 4. The maximum Gasteiger partial charge on any atom is 0.375 e. The minimum absolute atomic E-state index is 0.0138. The fourth-order valence-corrected chi connectivity index (χ4v) is 3.26. The topological polar surface area (TPSA) is 35.5 Å². The van der Waals surface area contributed by atoms with Crippen molar-refractivity contribution in [1.82, 2.24) is 0 Å². The molecule has 0 aromatic heterocycles. The van der Waals surface area contributed by atoms with Gasteiger partial charge in [0, 0.05) is 0 Å². The van der Waals surface area contributed by atoms with E-state index in [1.807, 2.05) is 0 Å². The maximum absolute atomic E-state index is 14.1. The second kappa shape index (κ2) is 6.79. The van der Waals surface area contributed by atoms with Crippen molar-refractivity contribution in [2.24, 2.45) is 0 Å². The minimum Gasteiger partial charge on any atom is -0.460 e. The number of ether oxygens (including phenoxy) is 2. The van der Waals surface area contributed by atoms with Crippen LogP contribution in [0, 0.1) is 23.3 Å². The molecule has 0 saturated carbocycles. The molecule has 0 spiro atoms. The van der Waals surface area contributed by atoms with Gasteiger partial charge in [0.25, 0.3) is 0 Å². The van der Waals surface area contributed by atoms with Gasteiger partial charge in [-0.3, -0.25) is 0 Å². The zero-order valence-electron chi connectivity index (χ0n) is 12.7. The Morgan fingerprint density at radius 1 is 1.04 bits per heavy atom.